The van der Waals surface area contributed by atoms with Crippen LogP contribution in [-0.2, 0) is 0 Å². The van der Waals surface area contributed by atoms with Crippen LogP contribution in [0.1, 0.15) is 16.1 Å². The third kappa shape index (κ3) is 4.41. The normalized spacial score (nSPS) is 10.7. The zero-order chi connectivity index (χ0) is 22.8. The number of aromatic hydroxyl groups is 1. The van der Waals surface area contributed by atoms with Crippen LogP contribution in [0.25, 0.3) is 11.0 Å². The fourth-order valence-corrected chi connectivity index (χ4v) is 3.04. The first-order valence-electron chi connectivity index (χ1n) is 9.41. The number of hydrogen-bond donors (Lipinski definition) is 2. The van der Waals surface area contributed by atoms with Crippen molar-refractivity contribution in [3.8, 4) is 17.2 Å². The first kappa shape index (κ1) is 20.6. The summed E-state index contributed by atoms with van der Waals surface area (Å²) in [7, 11) is 0. The van der Waals surface area contributed by atoms with E-state index in [1.54, 1.807) is 18.2 Å². The summed E-state index contributed by atoms with van der Waals surface area (Å²) in [4.78, 5) is 35.7. The Hall–Kier alpha value is -4.66. The van der Waals surface area contributed by atoms with Crippen LogP contribution in [0, 0.1) is 17.0 Å². The van der Waals surface area contributed by atoms with Crippen LogP contribution < -0.4 is 15.5 Å². The number of anilines is 1. The number of nitrogens with one attached hydrogen (secondary N) is 1. The second kappa shape index (κ2) is 8.23. The average Bonchev–Trinajstić information content (AvgIpc) is 2.75. The fourth-order valence-electron chi connectivity index (χ4n) is 3.04. The van der Waals surface area contributed by atoms with Crippen LogP contribution in [-0.4, -0.2) is 15.9 Å². The van der Waals surface area contributed by atoms with Gasteiger partial charge >= 0.3 is 0 Å². The topological polar surface area (TPSA) is 132 Å². The molecule has 3 aromatic carbocycles. The van der Waals surface area contributed by atoms with Gasteiger partial charge in [-0.3, -0.25) is 19.7 Å². The molecule has 0 fully saturated rings. The van der Waals surface area contributed by atoms with Gasteiger partial charge in [0, 0.05) is 18.2 Å². The van der Waals surface area contributed by atoms with E-state index in [2.05, 4.69) is 5.32 Å². The summed E-state index contributed by atoms with van der Waals surface area (Å²) in [6, 6.07) is 15.6. The van der Waals surface area contributed by atoms with E-state index < -0.39 is 10.8 Å². The number of fused-ring (bicyclic) bond motifs is 1. The molecule has 0 radical (unpaired) electrons. The lowest BCUT2D eigenvalue weighted by atomic mass is 10.1. The molecule has 9 nitrogen and oxygen atoms in total. The summed E-state index contributed by atoms with van der Waals surface area (Å²) >= 11 is 0. The van der Waals surface area contributed by atoms with Crippen molar-refractivity contribution in [1.29, 1.82) is 0 Å². The van der Waals surface area contributed by atoms with Crippen molar-refractivity contribution in [3.63, 3.8) is 0 Å². The minimum atomic E-state index is -0.749. The van der Waals surface area contributed by atoms with Crippen molar-refractivity contribution >= 4 is 28.3 Å². The van der Waals surface area contributed by atoms with Gasteiger partial charge in [0.15, 0.2) is 11.2 Å². The summed E-state index contributed by atoms with van der Waals surface area (Å²) in [6.07, 6.45) is 0. The Labute approximate surface area is 180 Å². The standard InChI is InChI=1S/C23H16N2O7/c1-13-2-7-21-19(8-13)20(27)12-22(32-21)23(28)24-14-9-15(25(29)30)11-18(10-14)31-17-5-3-16(26)4-6-17/h2-12,26H,1H3,(H,24,28). The minimum Gasteiger partial charge on any atom is -0.508 e. The molecule has 0 bridgehead atoms. The maximum atomic E-state index is 12.7. The molecule has 1 amide bonds. The number of amides is 1. The third-order valence-electron chi connectivity index (χ3n) is 4.54. The van der Waals surface area contributed by atoms with E-state index in [0.717, 1.165) is 17.7 Å². The molecule has 0 unspecified atom stereocenters. The highest BCUT2D eigenvalue weighted by Crippen LogP contribution is 2.30. The van der Waals surface area contributed by atoms with Crippen LogP contribution in [0.15, 0.2) is 75.9 Å². The molecule has 0 aliphatic rings. The summed E-state index contributed by atoms with van der Waals surface area (Å²) in [5.74, 6) is -0.525. The number of phenolic OH excluding ortho intramolecular Hbond substituents is 1. The van der Waals surface area contributed by atoms with E-state index in [1.807, 2.05) is 6.92 Å². The Morgan fingerprint density at radius 3 is 2.50 bits per heavy atom. The van der Waals surface area contributed by atoms with E-state index in [-0.39, 0.29) is 39.6 Å². The van der Waals surface area contributed by atoms with E-state index in [1.165, 1.54) is 36.4 Å². The first-order valence-corrected chi connectivity index (χ1v) is 9.41. The molecule has 2 N–H and O–H groups in total. The van der Waals surface area contributed by atoms with Crippen molar-refractivity contribution < 1.29 is 24.0 Å². The van der Waals surface area contributed by atoms with Gasteiger partial charge in [-0.05, 0) is 43.3 Å². The minimum absolute atomic E-state index is 0.0383. The predicted octanol–water partition coefficient (Wildman–Crippen LogP) is 4.76. The van der Waals surface area contributed by atoms with Gasteiger partial charge in [-0.1, -0.05) is 11.6 Å². The quantitative estimate of drug-likeness (QED) is 0.343. The van der Waals surface area contributed by atoms with E-state index in [9.17, 15) is 24.8 Å². The molecule has 4 rings (SSSR count). The van der Waals surface area contributed by atoms with Gasteiger partial charge in [0.1, 0.15) is 22.8 Å². The number of carbonyl (C=O) groups excluding carboxylic acids is 1. The number of non-ortho nitro benzene ring substituents is 1. The highest BCUT2D eigenvalue weighted by atomic mass is 16.6. The Kier molecular flexibility index (Phi) is 5.30. The smallest absolute Gasteiger partial charge is 0.291 e. The monoisotopic (exact) mass is 432 g/mol. The zero-order valence-electron chi connectivity index (χ0n) is 16.7. The lowest BCUT2D eigenvalue weighted by molar-refractivity contribution is -0.384. The predicted molar refractivity (Wildman–Crippen MR) is 116 cm³/mol. The van der Waals surface area contributed by atoms with Gasteiger partial charge in [-0.25, -0.2) is 0 Å². The van der Waals surface area contributed by atoms with Crippen molar-refractivity contribution in [2.75, 3.05) is 5.32 Å². The Morgan fingerprint density at radius 2 is 1.78 bits per heavy atom. The number of hydrogen-bond acceptors (Lipinski definition) is 7. The molecule has 4 aromatic rings. The van der Waals surface area contributed by atoms with Gasteiger partial charge in [0.05, 0.1) is 22.1 Å². The maximum absolute atomic E-state index is 12.7. The van der Waals surface area contributed by atoms with Crippen LogP contribution in [0.2, 0.25) is 0 Å². The van der Waals surface area contributed by atoms with Gasteiger partial charge in [-0.15, -0.1) is 0 Å². The highest BCUT2D eigenvalue weighted by Gasteiger charge is 2.17. The van der Waals surface area contributed by atoms with E-state index >= 15 is 0 Å². The molecular weight excluding hydrogens is 416 g/mol. The first-order chi connectivity index (χ1) is 15.3. The third-order valence-corrected chi connectivity index (χ3v) is 4.54. The molecule has 0 aliphatic carbocycles. The van der Waals surface area contributed by atoms with E-state index in [4.69, 9.17) is 9.15 Å². The molecule has 32 heavy (non-hydrogen) atoms. The number of ether oxygens (including phenoxy) is 1. The molecule has 160 valence electrons. The molecule has 1 heterocycles. The lowest BCUT2D eigenvalue weighted by Crippen LogP contribution is -2.15. The molecule has 0 spiro atoms. The Balaban J connectivity index is 1.65. The number of nitro benzene ring substituents is 1. The van der Waals surface area contributed by atoms with Gasteiger partial charge in [0.25, 0.3) is 11.6 Å². The fraction of sp³-hybridized carbons (Fsp3) is 0.0435. The largest absolute Gasteiger partial charge is 0.508 e. The van der Waals surface area contributed by atoms with Gasteiger partial charge < -0.3 is 19.6 Å². The van der Waals surface area contributed by atoms with Crippen molar-refractivity contribution in [2.45, 2.75) is 6.92 Å². The number of nitro groups is 1. The van der Waals surface area contributed by atoms with Crippen molar-refractivity contribution in [3.05, 3.63) is 98.4 Å². The number of aryl methyl sites for hydroxylation is 1. The number of carbonyl (C=O) groups is 1. The second-order valence-corrected chi connectivity index (χ2v) is 7.00. The Morgan fingerprint density at radius 1 is 1.03 bits per heavy atom. The van der Waals surface area contributed by atoms with Crippen molar-refractivity contribution in [1.82, 2.24) is 0 Å². The zero-order valence-corrected chi connectivity index (χ0v) is 16.7. The summed E-state index contributed by atoms with van der Waals surface area (Å²) in [5.41, 5.74) is 0.510. The van der Waals surface area contributed by atoms with Crippen LogP contribution in [0.5, 0.6) is 17.2 Å². The second-order valence-electron chi connectivity index (χ2n) is 7.00. The molecule has 0 atom stereocenters. The number of phenols is 1. The summed E-state index contributed by atoms with van der Waals surface area (Å²) in [6.45, 7) is 1.83. The van der Waals surface area contributed by atoms with Gasteiger partial charge in [0.2, 0.25) is 0 Å². The SMILES string of the molecule is Cc1ccc2oc(C(=O)Nc3cc(Oc4ccc(O)cc4)cc([N+](=O)[O-])c3)cc(=O)c2c1. The molecular formula is C23H16N2O7. The Bertz CT molecular complexity index is 1410. The summed E-state index contributed by atoms with van der Waals surface area (Å²) < 4.78 is 11.1. The number of rotatable bonds is 5. The molecule has 1 aromatic heterocycles. The average molecular weight is 432 g/mol. The highest BCUT2D eigenvalue weighted by molar-refractivity contribution is 6.03. The molecule has 9 heteroatoms. The van der Waals surface area contributed by atoms with Gasteiger partial charge in [-0.2, -0.15) is 0 Å². The molecule has 0 saturated heterocycles. The maximum Gasteiger partial charge on any atom is 0.291 e. The lowest BCUT2D eigenvalue weighted by Gasteiger charge is -2.10. The summed E-state index contributed by atoms with van der Waals surface area (Å²) in [5, 5.41) is 23.5. The molecule has 0 aliphatic heterocycles. The van der Waals surface area contributed by atoms with Crippen LogP contribution in [0.4, 0.5) is 11.4 Å². The van der Waals surface area contributed by atoms with Crippen LogP contribution in [0.3, 0.4) is 0 Å². The number of nitrogens with zero attached hydrogens (tertiary/aromatic N) is 1. The van der Waals surface area contributed by atoms with Crippen molar-refractivity contribution in [2.24, 2.45) is 0 Å². The molecule has 0 saturated carbocycles. The van der Waals surface area contributed by atoms with Crippen LogP contribution >= 0.6 is 0 Å². The van der Waals surface area contributed by atoms with E-state index in [0.29, 0.717) is 11.1 Å². The number of benzene rings is 3.